The molecule has 0 heterocycles. The maximum Gasteiger partial charge on any atom is 0.230 e. The molecule has 0 aromatic heterocycles. The minimum Gasteiger partial charge on any atom is -0.491 e. The Kier molecular flexibility index (Phi) is 4.51. The van der Waals surface area contributed by atoms with Crippen molar-refractivity contribution in [2.45, 2.75) is 26.4 Å². The summed E-state index contributed by atoms with van der Waals surface area (Å²) in [5.41, 5.74) is 1.02. The van der Waals surface area contributed by atoms with E-state index >= 15 is 0 Å². The first-order chi connectivity index (χ1) is 7.58. The number of allylic oxidation sites excluding steroid dienone is 1. The largest absolute Gasteiger partial charge is 0.491 e. The number of nitrogens with zero attached hydrogens (tertiary/aromatic N) is 1. The van der Waals surface area contributed by atoms with Crippen molar-refractivity contribution in [1.29, 1.82) is 0 Å². The van der Waals surface area contributed by atoms with Gasteiger partial charge >= 0.3 is 0 Å². The number of benzene rings is 1. The van der Waals surface area contributed by atoms with Gasteiger partial charge in [-0.1, -0.05) is 12.1 Å². The average molecular weight is 221 g/mol. The van der Waals surface area contributed by atoms with Crippen molar-refractivity contribution in [3.8, 4) is 5.75 Å². The van der Waals surface area contributed by atoms with E-state index in [9.17, 15) is 10.1 Å². The monoisotopic (exact) mass is 221 g/mol. The summed E-state index contributed by atoms with van der Waals surface area (Å²) < 4.78 is 5.49. The predicted molar refractivity (Wildman–Crippen MR) is 62.0 cm³/mol. The highest BCUT2D eigenvalue weighted by Gasteiger charge is 1.97. The lowest BCUT2D eigenvalue weighted by Crippen LogP contribution is -2.05. The first kappa shape index (κ1) is 12.2. The van der Waals surface area contributed by atoms with E-state index in [1.165, 1.54) is 6.08 Å². The molecule has 4 nitrogen and oxygen atoms in total. The molecule has 1 aromatic carbocycles. The van der Waals surface area contributed by atoms with E-state index in [0.29, 0.717) is 6.42 Å². The van der Waals surface area contributed by atoms with E-state index in [2.05, 4.69) is 0 Å². The van der Waals surface area contributed by atoms with Gasteiger partial charge in [-0.3, -0.25) is 10.1 Å². The van der Waals surface area contributed by atoms with Crippen molar-refractivity contribution in [3.05, 3.63) is 52.2 Å². The molecule has 16 heavy (non-hydrogen) atoms. The summed E-state index contributed by atoms with van der Waals surface area (Å²) in [6.45, 7) is 3.93. The molecule has 1 rings (SSSR count). The molecular formula is C12H15NO3. The molecule has 1 aromatic rings. The lowest BCUT2D eigenvalue weighted by atomic mass is 10.1. The number of hydrogen-bond donors (Lipinski definition) is 0. The van der Waals surface area contributed by atoms with Gasteiger partial charge in [-0.2, -0.15) is 0 Å². The molecule has 0 atom stereocenters. The third kappa shape index (κ3) is 4.59. The van der Waals surface area contributed by atoms with Crippen LogP contribution in [0.3, 0.4) is 0 Å². The Morgan fingerprint density at radius 2 is 2.00 bits per heavy atom. The van der Waals surface area contributed by atoms with Gasteiger partial charge in [0.15, 0.2) is 0 Å². The molecule has 0 radical (unpaired) electrons. The van der Waals surface area contributed by atoms with Gasteiger partial charge in [0.1, 0.15) is 5.75 Å². The lowest BCUT2D eigenvalue weighted by molar-refractivity contribution is -0.402. The normalized spacial score (nSPS) is 10.9. The molecule has 0 fully saturated rings. The standard InChI is InChI=1S/C12H15NO3/c1-10(2)16-12-7-5-11(6-8-12)4-3-9-13(14)15/h3,5-10H,4H2,1-2H3/b9-3+. The summed E-state index contributed by atoms with van der Waals surface area (Å²) >= 11 is 0. The molecule has 0 aliphatic carbocycles. The average Bonchev–Trinajstić information content (AvgIpc) is 2.19. The van der Waals surface area contributed by atoms with E-state index in [-0.39, 0.29) is 6.10 Å². The first-order valence-electron chi connectivity index (χ1n) is 5.13. The van der Waals surface area contributed by atoms with Crippen molar-refractivity contribution in [2.75, 3.05) is 0 Å². The van der Waals surface area contributed by atoms with Crippen LogP contribution >= 0.6 is 0 Å². The number of ether oxygens (including phenoxy) is 1. The zero-order chi connectivity index (χ0) is 12.0. The van der Waals surface area contributed by atoms with Crippen LogP contribution in [0, 0.1) is 10.1 Å². The summed E-state index contributed by atoms with van der Waals surface area (Å²) in [6, 6.07) is 7.55. The number of hydrogen-bond acceptors (Lipinski definition) is 3. The molecule has 0 aliphatic rings. The molecule has 0 amide bonds. The summed E-state index contributed by atoms with van der Waals surface area (Å²) in [5.74, 6) is 0.817. The van der Waals surface area contributed by atoms with Gasteiger partial charge in [0.2, 0.25) is 6.20 Å². The number of nitro groups is 1. The van der Waals surface area contributed by atoms with Crippen LogP contribution in [0.2, 0.25) is 0 Å². The van der Waals surface area contributed by atoms with Gasteiger partial charge in [0, 0.05) is 0 Å². The first-order valence-corrected chi connectivity index (χ1v) is 5.13. The minimum absolute atomic E-state index is 0.153. The van der Waals surface area contributed by atoms with Crippen LogP contribution in [-0.4, -0.2) is 11.0 Å². The SMILES string of the molecule is CC(C)Oc1ccc(C/C=C/[N+](=O)[O-])cc1. The Hall–Kier alpha value is -1.84. The minimum atomic E-state index is -0.462. The fraction of sp³-hybridized carbons (Fsp3) is 0.333. The second-order valence-corrected chi connectivity index (χ2v) is 3.68. The van der Waals surface area contributed by atoms with Crippen LogP contribution in [0.4, 0.5) is 0 Å². The van der Waals surface area contributed by atoms with Gasteiger partial charge in [0.05, 0.1) is 11.0 Å². The third-order valence-electron chi connectivity index (χ3n) is 1.88. The highest BCUT2D eigenvalue weighted by atomic mass is 16.6. The smallest absolute Gasteiger partial charge is 0.230 e. The lowest BCUT2D eigenvalue weighted by Gasteiger charge is -2.09. The maximum absolute atomic E-state index is 10.1. The molecule has 0 spiro atoms. The highest BCUT2D eigenvalue weighted by molar-refractivity contribution is 5.28. The van der Waals surface area contributed by atoms with Gasteiger partial charge < -0.3 is 4.74 Å². The van der Waals surface area contributed by atoms with E-state index in [1.54, 1.807) is 0 Å². The van der Waals surface area contributed by atoms with Gasteiger partial charge in [-0.15, -0.1) is 0 Å². The van der Waals surface area contributed by atoms with E-state index in [1.807, 2.05) is 38.1 Å². The molecule has 0 saturated heterocycles. The second kappa shape index (κ2) is 5.90. The molecule has 0 bridgehead atoms. The molecular weight excluding hydrogens is 206 g/mol. The Bertz CT molecular complexity index is 368. The van der Waals surface area contributed by atoms with Gasteiger partial charge in [-0.05, 0) is 44.0 Å². The summed E-state index contributed by atoms with van der Waals surface area (Å²) in [5, 5.41) is 10.1. The predicted octanol–water partition coefficient (Wildman–Crippen LogP) is 2.81. The van der Waals surface area contributed by atoms with E-state index in [0.717, 1.165) is 17.5 Å². The fourth-order valence-electron chi connectivity index (χ4n) is 1.25. The molecule has 86 valence electrons. The quantitative estimate of drug-likeness (QED) is 0.567. The molecule has 0 N–H and O–H groups in total. The number of rotatable bonds is 5. The molecule has 0 aliphatic heterocycles. The van der Waals surface area contributed by atoms with Crippen molar-refractivity contribution in [2.24, 2.45) is 0 Å². The second-order valence-electron chi connectivity index (χ2n) is 3.68. The third-order valence-corrected chi connectivity index (χ3v) is 1.88. The van der Waals surface area contributed by atoms with Gasteiger partial charge in [-0.25, -0.2) is 0 Å². The zero-order valence-electron chi connectivity index (χ0n) is 9.42. The van der Waals surface area contributed by atoms with Crippen molar-refractivity contribution >= 4 is 0 Å². The van der Waals surface area contributed by atoms with Crippen LogP contribution in [0.25, 0.3) is 0 Å². The Labute approximate surface area is 94.7 Å². The van der Waals surface area contributed by atoms with Crippen molar-refractivity contribution in [1.82, 2.24) is 0 Å². The Morgan fingerprint density at radius 1 is 1.38 bits per heavy atom. The Morgan fingerprint density at radius 3 is 2.50 bits per heavy atom. The molecule has 0 unspecified atom stereocenters. The fourth-order valence-corrected chi connectivity index (χ4v) is 1.25. The summed E-state index contributed by atoms with van der Waals surface area (Å²) in [6.07, 6.45) is 3.19. The van der Waals surface area contributed by atoms with Crippen LogP contribution in [0.5, 0.6) is 5.75 Å². The van der Waals surface area contributed by atoms with Crippen LogP contribution in [-0.2, 0) is 6.42 Å². The Balaban J connectivity index is 2.54. The van der Waals surface area contributed by atoms with Gasteiger partial charge in [0.25, 0.3) is 0 Å². The summed E-state index contributed by atoms with van der Waals surface area (Å²) in [4.78, 5) is 9.60. The highest BCUT2D eigenvalue weighted by Crippen LogP contribution is 2.14. The maximum atomic E-state index is 10.1. The summed E-state index contributed by atoms with van der Waals surface area (Å²) in [7, 11) is 0. The topological polar surface area (TPSA) is 52.4 Å². The van der Waals surface area contributed by atoms with E-state index in [4.69, 9.17) is 4.74 Å². The molecule has 4 heteroatoms. The van der Waals surface area contributed by atoms with Crippen molar-refractivity contribution in [3.63, 3.8) is 0 Å². The van der Waals surface area contributed by atoms with Crippen molar-refractivity contribution < 1.29 is 9.66 Å². The molecule has 0 saturated carbocycles. The zero-order valence-corrected chi connectivity index (χ0v) is 9.42. The van der Waals surface area contributed by atoms with Crippen LogP contribution in [0.15, 0.2) is 36.5 Å². The van der Waals surface area contributed by atoms with E-state index < -0.39 is 4.92 Å². The van der Waals surface area contributed by atoms with Crippen LogP contribution in [0.1, 0.15) is 19.4 Å². The van der Waals surface area contributed by atoms with Crippen LogP contribution < -0.4 is 4.74 Å².